The lowest BCUT2D eigenvalue weighted by atomic mass is 9.88. The molecule has 3 aliphatic rings. The third-order valence-electron chi connectivity index (χ3n) is 6.59. The van der Waals surface area contributed by atoms with Gasteiger partial charge in [0.05, 0.1) is 5.69 Å². The number of carbonyl (C=O) groups excluding carboxylic acids is 1. The van der Waals surface area contributed by atoms with Crippen molar-refractivity contribution >= 4 is 11.6 Å². The standard InChI is InChI=1S/C22H31FN2O3/c1-15(12-24-18-4-5-19(24)10-16(9-18)7-8-27-2)13-25-20-11-17(23)3-6-21(20)28-14-22(25)26/h3,6,11,15-16,18-19H,4-5,7-10,12-14H2,1-2H3/t15-,16?,18+,19?/m1/s1. The van der Waals surface area contributed by atoms with E-state index in [1.165, 1.54) is 37.8 Å². The third kappa shape index (κ3) is 4.03. The van der Waals surface area contributed by atoms with Gasteiger partial charge in [0, 0.05) is 45.0 Å². The molecule has 3 heterocycles. The number of nitrogens with zero attached hydrogens (tertiary/aromatic N) is 2. The Hall–Kier alpha value is -1.66. The Bertz CT molecular complexity index is 699. The van der Waals surface area contributed by atoms with Gasteiger partial charge in [-0.3, -0.25) is 9.69 Å². The minimum atomic E-state index is -0.342. The Balaban J connectivity index is 1.38. The highest BCUT2D eigenvalue weighted by Gasteiger charge is 2.41. The van der Waals surface area contributed by atoms with E-state index in [-0.39, 0.29) is 18.3 Å². The summed E-state index contributed by atoms with van der Waals surface area (Å²) < 4.78 is 24.5. The fourth-order valence-corrected chi connectivity index (χ4v) is 5.31. The first kappa shape index (κ1) is 19.6. The summed E-state index contributed by atoms with van der Waals surface area (Å²) in [5, 5.41) is 0. The van der Waals surface area contributed by atoms with E-state index in [0.29, 0.717) is 36.0 Å². The predicted molar refractivity (Wildman–Crippen MR) is 106 cm³/mol. The molecule has 6 heteroatoms. The average Bonchev–Trinajstić information content (AvgIpc) is 2.90. The van der Waals surface area contributed by atoms with Crippen LogP contribution in [0, 0.1) is 17.7 Å². The molecular formula is C22H31FN2O3. The molecule has 28 heavy (non-hydrogen) atoms. The molecule has 3 aliphatic heterocycles. The Morgan fingerprint density at radius 1 is 1.25 bits per heavy atom. The number of carbonyl (C=O) groups is 1. The molecule has 0 radical (unpaired) electrons. The third-order valence-corrected chi connectivity index (χ3v) is 6.59. The van der Waals surface area contributed by atoms with Crippen molar-refractivity contribution in [3.8, 4) is 5.75 Å². The predicted octanol–water partition coefficient (Wildman–Crippen LogP) is 3.47. The van der Waals surface area contributed by atoms with Crippen LogP contribution in [-0.2, 0) is 9.53 Å². The SMILES string of the molecule is COCCC1CC2CC[C@@H](C1)N2C[C@@H](C)CN1C(=O)COc2ccc(F)cc21. The fraction of sp³-hybridized carbons (Fsp3) is 0.682. The molecule has 2 fully saturated rings. The van der Waals surface area contributed by atoms with Crippen molar-refractivity contribution in [1.29, 1.82) is 0 Å². The van der Waals surface area contributed by atoms with Gasteiger partial charge in [-0.1, -0.05) is 6.92 Å². The molecule has 1 aromatic rings. The van der Waals surface area contributed by atoms with Crippen LogP contribution in [0.4, 0.5) is 10.1 Å². The number of hydrogen-bond acceptors (Lipinski definition) is 4. The van der Waals surface area contributed by atoms with Crippen LogP contribution in [0.5, 0.6) is 5.75 Å². The summed E-state index contributed by atoms with van der Waals surface area (Å²) in [5.41, 5.74) is 0.560. The lowest BCUT2D eigenvalue weighted by molar-refractivity contribution is -0.121. The van der Waals surface area contributed by atoms with Crippen molar-refractivity contribution in [2.24, 2.45) is 11.8 Å². The van der Waals surface area contributed by atoms with Crippen LogP contribution in [0.25, 0.3) is 0 Å². The van der Waals surface area contributed by atoms with Gasteiger partial charge in [0.1, 0.15) is 11.6 Å². The van der Waals surface area contributed by atoms with Gasteiger partial charge in [0.2, 0.25) is 0 Å². The van der Waals surface area contributed by atoms with Gasteiger partial charge >= 0.3 is 0 Å². The fourth-order valence-electron chi connectivity index (χ4n) is 5.31. The van der Waals surface area contributed by atoms with Crippen molar-refractivity contribution in [2.75, 3.05) is 38.3 Å². The topological polar surface area (TPSA) is 42.0 Å². The highest BCUT2D eigenvalue weighted by molar-refractivity contribution is 5.97. The van der Waals surface area contributed by atoms with Crippen LogP contribution < -0.4 is 9.64 Å². The molecular weight excluding hydrogens is 359 g/mol. The van der Waals surface area contributed by atoms with E-state index in [2.05, 4.69) is 11.8 Å². The van der Waals surface area contributed by atoms with Crippen LogP contribution in [0.1, 0.15) is 39.0 Å². The van der Waals surface area contributed by atoms with Gasteiger partial charge in [0.15, 0.2) is 6.61 Å². The van der Waals surface area contributed by atoms with Crippen molar-refractivity contribution < 1.29 is 18.7 Å². The minimum absolute atomic E-state index is 0.0293. The van der Waals surface area contributed by atoms with Crippen molar-refractivity contribution in [3.63, 3.8) is 0 Å². The Labute approximate surface area is 166 Å². The molecule has 5 nitrogen and oxygen atoms in total. The molecule has 1 amide bonds. The normalized spacial score (nSPS) is 28.2. The van der Waals surface area contributed by atoms with Crippen LogP contribution >= 0.6 is 0 Å². The quantitative estimate of drug-likeness (QED) is 0.715. The average molecular weight is 390 g/mol. The van der Waals surface area contributed by atoms with Crippen LogP contribution in [0.2, 0.25) is 0 Å². The number of methoxy groups -OCH3 is 1. The number of benzene rings is 1. The van der Waals surface area contributed by atoms with Crippen molar-refractivity contribution in [1.82, 2.24) is 4.90 Å². The number of ether oxygens (including phenoxy) is 2. The van der Waals surface area contributed by atoms with E-state index in [1.54, 1.807) is 18.1 Å². The zero-order valence-corrected chi connectivity index (χ0v) is 16.9. The van der Waals surface area contributed by atoms with Crippen LogP contribution in [-0.4, -0.2) is 56.3 Å². The second kappa shape index (κ2) is 8.37. The number of piperidine rings is 1. The molecule has 0 N–H and O–H groups in total. The zero-order valence-electron chi connectivity index (χ0n) is 16.9. The number of hydrogen-bond donors (Lipinski definition) is 0. The van der Waals surface area contributed by atoms with E-state index in [4.69, 9.17) is 9.47 Å². The molecule has 0 aliphatic carbocycles. The summed E-state index contributed by atoms with van der Waals surface area (Å²) in [6, 6.07) is 5.72. The zero-order chi connectivity index (χ0) is 19.7. The summed E-state index contributed by atoms with van der Waals surface area (Å²) in [6.07, 6.45) is 6.25. The van der Waals surface area contributed by atoms with Gasteiger partial charge in [-0.15, -0.1) is 0 Å². The molecule has 0 aromatic heterocycles. The molecule has 0 spiro atoms. The maximum Gasteiger partial charge on any atom is 0.265 e. The summed E-state index contributed by atoms with van der Waals surface area (Å²) in [6.45, 7) is 4.67. The van der Waals surface area contributed by atoms with Gasteiger partial charge in [-0.05, 0) is 56.1 Å². The molecule has 4 rings (SSSR count). The summed E-state index contributed by atoms with van der Waals surface area (Å²) in [5.74, 6) is 1.25. The molecule has 2 unspecified atom stereocenters. The second-order valence-electron chi connectivity index (χ2n) is 8.71. The first-order valence-electron chi connectivity index (χ1n) is 10.5. The lowest BCUT2D eigenvalue weighted by Gasteiger charge is -2.41. The minimum Gasteiger partial charge on any atom is -0.482 e. The first-order chi connectivity index (χ1) is 13.5. The maximum atomic E-state index is 13.7. The van der Waals surface area contributed by atoms with Crippen molar-refractivity contribution in [2.45, 2.75) is 51.1 Å². The second-order valence-corrected chi connectivity index (χ2v) is 8.71. The van der Waals surface area contributed by atoms with Crippen molar-refractivity contribution in [3.05, 3.63) is 24.0 Å². The summed E-state index contributed by atoms with van der Waals surface area (Å²) in [7, 11) is 1.78. The Morgan fingerprint density at radius 3 is 2.71 bits per heavy atom. The number of rotatable bonds is 7. The van der Waals surface area contributed by atoms with Gasteiger partial charge in [-0.25, -0.2) is 4.39 Å². The van der Waals surface area contributed by atoms with Crippen LogP contribution in [0.15, 0.2) is 18.2 Å². The van der Waals surface area contributed by atoms with Gasteiger partial charge < -0.3 is 14.4 Å². The number of anilines is 1. The monoisotopic (exact) mass is 390 g/mol. The molecule has 1 aromatic carbocycles. The highest BCUT2D eigenvalue weighted by atomic mass is 19.1. The van der Waals surface area contributed by atoms with E-state index in [1.807, 2.05) is 0 Å². The van der Waals surface area contributed by atoms with E-state index < -0.39 is 0 Å². The Kier molecular flexibility index (Phi) is 5.88. The number of amides is 1. The Morgan fingerprint density at radius 2 is 2.00 bits per heavy atom. The largest absolute Gasteiger partial charge is 0.482 e. The summed E-state index contributed by atoms with van der Waals surface area (Å²) in [4.78, 5) is 16.8. The van der Waals surface area contributed by atoms with Crippen LogP contribution in [0.3, 0.4) is 0 Å². The smallest absolute Gasteiger partial charge is 0.265 e. The first-order valence-corrected chi connectivity index (χ1v) is 10.5. The number of fused-ring (bicyclic) bond motifs is 3. The van der Waals surface area contributed by atoms with Gasteiger partial charge in [0.25, 0.3) is 5.91 Å². The lowest BCUT2D eigenvalue weighted by Crippen LogP contribution is -2.48. The molecule has 2 bridgehead atoms. The highest BCUT2D eigenvalue weighted by Crippen LogP contribution is 2.40. The summed E-state index contributed by atoms with van der Waals surface area (Å²) >= 11 is 0. The van der Waals surface area contributed by atoms with Gasteiger partial charge in [-0.2, -0.15) is 0 Å². The molecule has 154 valence electrons. The molecule has 0 saturated carbocycles. The van der Waals surface area contributed by atoms with E-state index in [9.17, 15) is 9.18 Å². The van der Waals surface area contributed by atoms with E-state index in [0.717, 1.165) is 25.5 Å². The molecule has 4 atom stereocenters. The maximum absolute atomic E-state index is 13.7. The van der Waals surface area contributed by atoms with E-state index >= 15 is 0 Å². The number of halogens is 1. The molecule has 2 saturated heterocycles.